The van der Waals surface area contributed by atoms with E-state index in [2.05, 4.69) is 4.74 Å². The van der Waals surface area contributed by atoms with Crippen molar-refractivity contribution >= 4 is 12.4 Å². The average molecular weight is 334 g/mol. The molecule has 2 rings (SSSR count). The summed E-state index contributed by atoms with van der Waals surface area (Å²) in [5.74, 6) is 0.326. The van der Waals surface area contributed by atoms with E-state index in [-0.39, 0.29) is 24.7 Å². The quantitative estimate of drug-likeness (QED) is 0.914. The van der Waals surface area contributed by atoms with Gasteiger partial charge in [0.1, 0.15) is 11.5 Å². The third-order valence-corrected chi connectivity index (χ3v) is 2.84. The molecule has 0 aliphatic carbocycles. The highest BCUT2D eigenvalue weighted by Crippen LogP contribution is 2.31. The predicted octanol–water partition coefficient (Wildman–Crippen LogP) is 4.14. The lowest BCUT2D eigenvalue weighted by Crippen LogP contribution is -2.17. The first-order valence-electron chi connectivity index (χ1n) is 6.15. The minimum absolute atomic E-state index is 0. The van der Waals surface area contributed by atoms with Crippen molar-refractivity contribution in [2.75, 3.05) is 7.11 Å². The zero-order valence-corrected chi connectivity index (χ0v) is 12.5. The van der Waals surface area contributed by atoms with Crippen LogP contribution in [-0.2, 0) is 6.54 Å². The van der Waals surface area contributed by atoms with Crippen LogP contribution in [0.4, 0.5) is 13.2 Å². The summed E-state index contributed by atoms with van der Waals surface area (Å²) in [7, 11) is 1.52. The third-order valence-electron chi connectivity index (χ3n) is 2.84. The van der Waals surface area contributed by atoms with Crippen molar-refractivity contribution in [2.24, 2.45) is 5.73 Å². The molecule has 0 fully saturated rings. The molecule has 0 saturated heterocycles. The van der Waals surface area contributed by atoms with Crippen LogP contribution in [0.25, 0.3) is 11.1 Å². The molecular weight excluding hydrogens is 319 g/mol. The van der Waals surface area contributed by atoms with Gasteiger partial charge in [-0.1, -0.05) is 12.1 Å². The van der Waals surface area contributed by atoms with Crippen LogP contribution < -0.4 is 15.2 Å². The summed E-state index contributed by atoms with van der Waals surface area (Å²) in [6, 6.07) is 11.3. The number of halogens is 4. The molecule has 0 radical (unpaired) electrons. The van der Waals surface area contributed by atoms with Crippen LogP contribution in [0.3, 0.4) is 0 Å². The third kappa shape index (κ3) is 4.82. The van der Waals surface area contributed by atoms with Crippen molar-refractivity contribution in [1.29, 1.82) is 0 Å². The second kappa shape index (κ2) is 7.38. The van der Waals surface area contributed by atoms with Crippen LogP contribution in [-0.4, -0.2) is 13.5 Å². The van der Waals surface area contributed by atoms with Crippen molar-refractivity contribution in [1.82, 2.24) is 0 Å². The Kier molecular flexibility index (Phi) is 6.08. The Balaban J connectivity index is 0.00000242. The topological polar surface area (TPSA) is 44.5 Å². The Hall–Kier alpha value is -1.92. The first-order chi connectivity index (χ1) is 9.91. The Labute approximate surface area is 132 Å². The van der Waals surface area contributed by atoms with Gasteiger partial charge in [0.2, 0.25) is 0 Å². The van der Waals surface area contributed by atoms with Crippen molar-refractivity contribution in [3.8, 4) is 22.6 Å². The number of ether oxygens (including phenoxy) is 2. The molecule has 7 heteroatoms. The summed E-state index contributed by atoms with van der Waals surface area (Å²) >= 11 is 0. The summed E-state index contributed by atoms with van der Waals surface area (Å²) < 4.78 is 46.2. The second-order valence-corrected chi connectivity index (χ2v) is 4.35. The summed E-state index contributed by atoms with van der Waals surface area (Å²) in [6.45, 7) is 0.117. The van der Waals surface area contributed by atoms with E-state index in [1.807, 2.05) is 0 Å². The number of hydrogen-bond donors (Lipinski definition) is 1. The first-order valence-corrected chi connectivity index (χ1v) is 6.15. The van der Waals surface area contributed by atoms with Crippen LogP contribution >= 0.6 is 12.4 Å². The minimum Gasteiger partial charge on any atom is -0.497 e. The highest BCUT2D eigenvalue weighted by atomic mass is 35.5. The van der Waals surface area contributed by atoms with Gasteiger partial charge in [0.25, 0.3) is 0 Å². The van der Waals surface area contributed by atoms with Crippen molar-refractivity contribution in [3.05, 3.63) is 48.0 Å². The number of benzene rings is 2. The molecule has 0 aliphatic heterocycles. The fraction of sp³-hybridized carbons (Fsp3) is 0.200. The molecule has 2 aromatic carbocycles. The summed E-state index contributed by atoms with van der Waals surface area (Å²) in [5.41, 5.74) is 7.37. The number of alkyl halides is 3. The van der Waals surface area contributed by atoms with Gasteiger partial charge in [0.05, 0.1) is 7.11 Å². The molecule has 2 N–H and O–H groups in total. The molecule has 0 saturated carbocycles. The standard InChI is InChI=1S/C15H14F3NO2.ClH/c1-20-13-4-2-3-11(7-13)12-5-10(9-19)6-14(8-12)21-15(16,17)18;/h2-8H,9,19H2,1H3;1H. The number of methoxy groups -OCH3 is 1. The Morgan fingerprint density at radius 1 is 1.00 bits per heavy atom. The highest BCUT2D eigenvalue weighted by Gasteiger charge is 2.31. The van der Waals surface area contributed by atoms with Crippen LogP contribution in [0, 0.1) is 0 Å². The molecule has 0 atom stereocenters. The second-order valence-electron chi connectivity index (χ2n) is 4.35. The highest BCUT2D eigenvalue weighted by molar-refractivity contribution is 5.85. The molecule has 0 amide bonds. The van der Waals surface area contributed by atoms with E-state index >= 15 is 0 Å². The van der Waals surface area contributed by atoms with E-state index < -0.39 is 6.36 Å². The lowest BCUT2D eigenvalue weighted by Gasteiger charge is -2.13. The van der Waals surface area contributed by atoms with E-state index in [0.29, 0.717) is 16.9 Å². The summed E-state index contributed by atoms with van der Waals surface area (Å²) in [4.78, 5) is 0. The van der Waals surface area contributed by atoms with Crippen molar-refractivity contribution in [2.45, 2.75) is 12.9 Å². The lowest BCUT2D eigenvalue weighted by atomic mass is 10.0. The van der Waals surface area contributed by atoms with Gasteiger partial charge in [-0.3, -0.25) is 0 Å². The Morgan fingerprint density at radius 3 is 2.27 bits per heavy atom. The molecule has 0 bridgehead atoms. The van der Waals surface area contributed by atoms with Crippen molar-refractivity contribution in [3.63, 3.8) is 0 Å². The normalized spacial score (nSPS) is 10.8. The van der Waals surface area contributed by atoms with Gasteiger partial charge >= 0.3 is 6.36 Å². The molecular formula is C15H15ClF3NO2. The van der Waals surface area contributed by atoms with E-state index in [4.69, 9.17) is 10.5 Å². The Morgan fingerprint density at radius 2 is 1.68 bits per heavy atom. The maximum atomic E-state index is 12.4. The Bertz CT molecular complexity index is 632. The summed E-state index contributed by atoms with van der Waals surface area (Å²) in [6.07, 6.45) is -4.74. The van der Waals surface area contributed by atoms with Gasteiger partial charge in [-0.05, 0) is 47.0 Å². The van der Waals surface area contributed by atoms with Gasteiger partial charge in [-0.15, -0.1) is 25.6 Å². The number of nitrogens with two attached hydrogens (primary N) is 1. The average Bonchev–Trinajstić information content (AvgIpc) is 2.45. The largest absolute Gasteiger partial charge is 0.573 e. The van der Waals surface area contributed by atoms with Crippen LogP contribution in [0.5, 0.6) is 11.5 Å². The van der Waals surface area contributed by atoms with Crippen LogP contribution in [0.15, 0.2) is 42.5 Å². The van der Waals surface area contributed by atoms with Crippen LogP contribution in [0.1, 0.15) is 5.56 Å². The minimum atomic E-state index is -4.74. The molecule has 3 nitrogen and oxygen atoms in total. The lowest BCUT2D eigenvalue weighted by molar-refractivity contribution is -0.274. The summed E-state index contributed by atoms with van der Waals surface area (Å²) in [5, 5.41) is 0. The number of rotatable bonds is 4. The van der Waals surface area contributed by atoms with Gasteiger partial charge in [0.15, 0.2) is 0 Å². The fourth-order valence-electron chi connectivity index (χ4n) is 1.94. The molecule has 120 valence electrons. The van der Waals surface area contributed by atoms with E-state index in [1.54, 1.807) is 30.3 Å². The van der Waals surface area contributed by atoms with E-state index in [0.717, 1.165) is 5.56 Å². The van der Waals surface area contributed by atoms with Gasteiger partial charge in [-0.25, -0.2) is 0 Å². The smallest absolute Gasteiger partial charge is 0.497 e. The maximum absolute atomic E-state index is 12.4. The van der Waals surface area contributed by atoms with Crippen LogP contribution in [0.2, 0.25) is 0 Å². The monoisotopic (exact) mass is 333 g/mol. The SMILES string of the molecule is COc1cccc(-c2cc(CN)cc(OC(F)(F)F)c2)c1.Cl. The maximum Gasteiger partial charge on any atom is 0.573 e. The molecule has 22 heavy (non-hydrogen) atoms. The zero-order chi connectivity index (χ0) is 15.5. The fourth-order valence-corrected chi connectivity index (χ4v) is 1.94. The number of hydrogen-bond acceptors (Lipinski definition) is 3. The van der Waals surface area contributed by atoms with Gasteiger partial charge in [0, 0.05) is 6.54 Å². The first kappa shape index (κ1) is 18.1. The van der Waals surface area contributed by atoms with E-state index in [9.17, 15) is 13.2 Å². The molecule has 2 aromatic rings. The predicted molar refractivity (Wildman–Crippen MR) is 80.3 cm³/mol. The van der Waals surface area contributed by atoms with E-state index in [1.165, 1.54) is 19.2 Å². The molecule has 0 heterocycles. The van der Waals surface area contributed by atoms with Gasteiger partial charge < -0.3 is 15.2 Å². The van der Waals surface area contributed by atoms with Crippen molar-refractivity contribution < 1.29 is 22.6 Å². The molecule has 0 unspecified atom stereocenters. The van der Waals surface area contributed by atoms with Gasteiger partial charge in [-0.2, -0.15) is 0 Å². The molecule has 0 spiro atoms. The molecule has 0 aromatic heterocycles. The molecule has 0 aliphatic rings. The zero-order valence-electron chi connectivity index (χ0n) is 11.7.